The van der Waals surface area contributed by atoms with Crippen LogP contribution in [0, 0.1) is 5.92 Å². The summed E-state index contributed by atoms with van der Waals surface area (Å²) in [6, 6.07) is 6.75. The minimum absolute atomic E-state index is 0.0131. The van der Waals surface area contributed by atoms with Crippen LogP contribution in [0.5, 0.6) is 0 Å². The summed E-state index contributed by atoms with van der Waals surface area (Å²) in [5.74, 6) is 0.378. The third-order valence-electron chi connectivity index (χ3n) is 4.62. The molecule has 2 N–H and O–H groups in total. The first-order valence-corrected chi connectivity index (χ1v) is 9.08. The Labute approximate surface area is 150 Å². The number of amides is 2. The van der Waals surface area contributed by atoms with Gasteiger partial charge < -0.3 is 20.4 Å². The molecule has 25 heavy (non-hydrogen) atoms. The van der Waals surface area contributed by atoms with Crippen LogP contribution in [0.25, 0.3) is 0 Å². The third kappa shape index (κ3) is 6.48. The van der Waals surface area contributed by atoms with Gasteiger partial charge in [-0.1, -0.05) is 26.0 Å². The maximum atomic E-state index is 12.0. The number of carbonyl (C=O) groups is 2. The molecule has 1 saturated heterocycles. The van der Waals surface area contributed by atoms with Crippen LogP contribution in [0.15, 0.2) is 24.3 Å². The average Bonchev–Trinajstić information content (AvgIpc) is 2.61. The van der Waals surface area contributed by atoms with Gasteiger partial charge in [0.2, 0.25) is 0 Å². The van der Waals surface area contributed by atoms with Gasteiger partial charge in [-0.25, -0.2) is 4.79 Å². The number of nitrogens with zero attached hydrogens (tertiary/aromatic N) is 2. The first-order valence-electron chi connectivity index (χ1n) is 9.08. The summed E-state index contributed by atoms with van der Waals surface area (Å²) in [6.45, 7) is 13.1. The molecule has 0 aliphatic carbocycles. The van der Waals surface area contributed by atoms with Crippen molar-refractivity contribution >= 4 is 17.5 Å². The molecule has 6 heteroatoms. The summed E-state index contributed by atoms with van der Waals surface area (Å²) in [7, 11) is 0. The minimum Gasteiger partial charge on any atom is -0.338 e. The summed E-state index contributed by atoms with van der Waals surface area (Å²) in [5.41, 5.74) is 1.23. The quantitative estimate of drug-likeness (QED) is 0.744. The molecule has 1 aliphatic heterocycles. The largest absolute Gasteiger partial charge is 0.338 e. The highest BCUT2D eigenvalue weighted by Gasteiger charge is 2.17. The van der Waals surface area contributed by atoms with Gasteiger partial charge in [0.15, 0.2) is 5.78 Å². The van der Waals surface area contributed by atoms with Gasteiger partial charge >= 0.3 is 6.03 Å². The number of hydrogen-bond donors (Lipinski definition) is 2. The lowest BCUT2D eigenvalue weighted by Crippen LogP contribution is -2.48. The summed E-state index contributed by atoms with van der Waals surface area (Å²) in [4.78, 5) is 28.4. The molecule has 2 amide bonds. The number of hydrogen-bond acceptors (Lipinski definition) is 4. The highest BCUT2D eigenvalue weighted by Crippen LogP contribution is 2.11. The standard InChI is InChI=1S/C19H30N4O2/c1-4-22-8-10-23(11-9-22)14-15(2)13-20-19(25)21-18-7-5-6-17(12-18)16(3)24/h5-7,12,15H,4,8-11,13-14H2,1-3H3,(H2,20,21,25). The summed E-state index contributed by atoms with van der Waals surface area (Å²) < 4.78 is 0. The molecular weight excluding hydrogens is 316 g/mol. The second-order valence-electron chi connectivity index (χ2n) is 6.81. The van der Waals surface area contributed by atoms with Crippen molar-refractivity contribution in [2.75, 3.05) is 51.1 Å². The topological polar surface area (TPSA) is 64.7 Å². The van der Waals surface area contributed by atoms with E-state index in [4.69, 9.17) is 0 Å². The Morgan fingerprint density at radius 3 is 2.48 bits per heavy atom. The van der Waals surface area contributed by atoms with Gasteiger partial charge in [-0.3, -0.25) is 4.79 Å². The maximum absolute atomic E-state index is 12.0. The molecule has 6 nitrogen and oxygen atoms in total. The molecule has 2 rings (SSSR count). The molecule has 1 aliphatic rings. The van der Waals surface area contributed by atoms with Gasteiger partial charge in [-0.05, 0) is 31.5 Å². The second-order valence-corrected chi connectivity index (χ2v) is 6.81. The van der Waals surface area contributed by atoms with Gasteiger partial charge in [-0.15, -0.1) is 0 Å². The number of piperazine rings is 1. The van der Waals surface area contributed by atoms with Crippen LogP contribution in [0.4, 0.5) is 10.5 Å². The van der Waals surface area contributed by atoms with Crippen molar-refractivity contribution in [3.05, 3.63) is 29.8 Å². The van der Waals surface area contributed by atoms with Crippen molar-refractivity contribution in [3.63, 3.8) is 0 Å². The molecule has 1 heterocycles. The van der Waals surface area contributed by atoms with E-state index in [0.717, 1.165) is 39.3 Å². The van der Waals surface area contributed by atoms with E-state index in [-0.39, 0.29) is 11.8 Å². The lowest BCUT2D eigenvalue weighted by molar-refractivity contribution is 0.101. The Hall–Kier alpha value is -1.92. The first-order chi connectivity index (χ1) is 12.0. The Balaban J connectivity index is 1.71. The van der Waals surface area contributed by atoms with Crippen molar-refractivity contribution in [2.24, 2.45) is 5.92 Å². The van der Waals surface area contributed by atoms with Crippen molar-refractivity contribution in [1.29, 1.82) is 0 Å². The first kappa shape index (κ1) is 19.4. The van der Waals surface area contributed by atoms with E-state index >= 15 is 0 Å². The zero-order valence-corrected chi connectivity index (χ0v) is 15.5. The fourth-order valence-corrected chi connectivity index (χ4v) is 3.05. The minimum atomic E-state index is -0.233. The fraction of sp³-hybridized carbons (Fsp3) is 0.579. The van der Waals surface area contributed by atoms with E-state index in [1.807, 2.05) is 0 Å². The molecule has 1 aromatic rings. The molecule has 0 saturated carbocycles. The SMILES string of the molecule is CCN1CCN(CC(C)CNC(=O)Nc2cccc(C(C)=O)c2)CC1. The molecular formula is C19H30N4O2. The predicted molar refractivity (Wildman–Crippen MR) is 101 cm³/mol. The van der Waals surface area contributed by atoms with Crippen LogP contribution in [0.3, 0.4) is 0 Å². The summed E-state index contributed by atoms with van der Waals surface area (Å²) >= 11 is 0. The number of rotatable bonds is 7. The van der Waals surface area contributed by atoms with Gasteiger partial charge in [0, 0.05) is 50.5 Å². The van der Waals surface area contributed by atoms with E-state index in [9.17, 15) is 9.59 Å². The summed E-state index contributed by atoms with van der Waals surface area (Å²) in [5, 5.41) is 5.70. The number of anilines is 1. The monoisotopic (exact) mass is 346 g/mol. The molecule has 0 spiro atoms. The van der Waals surface area contributed by atoms with E-state index < -0.39 is 0 Å². The van der Waals surface area contributed by atoms with E-state index in [1.54, 1.807) is 24.3 Å². The predicted octanol–water partition coefficient (Wildman–Crippen LogP) is 2.28. The van der Waals surface area contributed by atoms with Gasteiger partial charge in [0.1, 0.15) is 0 Å². The molecule has 0 aromatic heterocycles. The van der Waals surface area contributed by atoms with Gasteiger partial charge in [0.05, 0.1) is 0 Å². The molecule has 138 valence electrons. The normalized spacial score (nSPS) is 17.1. The van der Waals surface area contributed by atoms with Crippen LogP contribution in [0.2, 0.25) is 0 Å². The zero-order chi connectivity index (χ0) is 18.2. The van der Waals surface area contributed by atoms with Crippen molar-refractivity contribution < 1.29 is 9.59 Å². The third-order valence-corrected chi connectivity index (χ3v) is 4.62. The van der Waals surface area contributed by atoms with Crippen molar-refractivity contribution in [3.8, 4) is 0 Å². The molecule has 1 atom stereocenters. The number of Topliss-reactive ketones (excluding diaryl/α,β-unsaturated/α-hetero) is 1. The second kappa shape index (κ2) is 9.53. The van der Waals surface area contributed by atoms with Crippen LogP contribution in [-0.4, -0.2) is 67.4 Å². The molecule has 1 aromatic carbocycles. The van der Waals surface area contributed by atoms with Crippen molar-refractivity contribution in [2.45, 2.75) is 20.8 Å². The van der Waals surface area contributed by atoms with E-state index in [0.29, 0.717) is 23.7 Å². The van der Waals surface area contributed by atoms with Crippen LogP contribution < -0.4 is 10.6 Å². The van der Waals surface area contributed by atoms with Gasteiger partial charge in [0.25, 0.3) is 0 Å². The number of ketones is 1. The number of likely N-dealkylation sites (N-methyl/N-ethyl adjacent to an activating group) is 1. The Kier molecular flexibility index (Phi) is 7.40. The highest BCUT2D eigenvalue weighted by molar-refractivity contribution is 5.96. The van der Waals surface area contributed by atoms with E-state index in [2.05, 4.69) is 34.3 Å². The van der Waals surface area contributed by atoms with E-state index in [1.165, 1.54) is 6.92 Å². The molecule has 0 bridgehead atoms. The zero-order valence-electron chi connectivity index (χ0n) is 15.5. The van der Waals surface area contributed by atoms with Crippen LogP contribution in [-0.2, 0) is 0 Å². The smallest absolute Gasteiger partial charge is 0.319 e. The Morgan fingerprint density at radius 2 is 1.84 bits per heavy atom. The van der Waals surface area contributed by atoms with Crippen molar-refractivity contribution in [1.82, 2.24) is 15.1 Å². The lowest BCUT2D eigenvalue weighted by Gasteiger charge is -2.35. The lowest BCUT2D eigenvalue weighted by atomic mass is 10.1. The molecule has 1 unspecified atom stereocenters. The summed E-state index contributed by atoms with van der Waals surface area (Å²) in [6.07, 6.45) is 0. The Morgan fingerprint density at radius 1 is 1.16 bits per heavy atom. The maximum Gasteiger partial charge on any atom is 0.319 e. The highest BCUT2D eigenvalue weighted by atomic mass is 16.2. The molecule has 1 fully saturated rings. The average molecular weight is 346 g/mol. The van der Waals surface area contributed by atoms with Crippen LogP contribution >= 0.6 is 0 Å². The number of nitrogens with one attached hydrogen (secondary N) is 2. The molecule has 0 radical (unpaired) electrons. The van der Waals surface area contributed by atoms with Crippen LogP contribution in [0.1, 0.15) is 31.1 Å². The number of carbonyl (C=O) groups excluding carboxylic acids is 2. The Bertz CT molecular complexity index is 583. The van der Waals surface area contributed by atoms with Gasteiger partial charge in [-0.2, -0.15) is 0 Å². The fourth-order valence-electron chi connectivity index (χ4n) is 3.05. The number of urea groups is 1. The number of benzene rings is 1.